The molecule has 1 saturated heterocycles. The fourth-order valence-corrected chi connectivity index (χ4v) is 5.43. The molecule has 11 heteroatoms. The van der Waals surface area contributed by atoms with Gasteiger partial charge < -0.3 is 31.0 Å². The number of hydrogen-bond donors (Lipinski definition) is 4. The van der Waals surface area contributed by atoms with Crippen LogP contribution in [0.5, 0.6) is 5.75 Å². The van der Waals surface area contributed by atoms with Crippen LogP contribution < -0.4 is 25.6 Å². The standard InChI is InChI=1S/C32H41N9O2/c1-5-32(42)38-27-17-28(37-31-18-26(35-21-36-31)22-6-9-25(34-2)23(16-22)20-33)30(43-4)19-29(27)39(3)10-11-40-12-14-41(15-13-40)24-7-8-24/h5-6,9,16-21,24,33-34H,1,7-8,10-15H2,2-4H3,(H,38,42)(H,35,36,37). The second-order valence-electron chi connectivity index (χ2n) is 10.9. The molecule has 1 amide bonds. The third-order valence-electron chi connectivity index (χ3n) is 8.10. The van der Waals surface area contributed by atoms with Gasteiger partial charge in [-0.3, -0.25) is 14.6 Å². The van der Waals surface area contributed by atoms with Crippen LogP contribution in [0.3, 0.4) is 0 Å². The van der Waals surface area contributed by atoms with E-state index in [0.29, 0.717) is 28.6 Å². The maximum Gasteiger partial charge on any atom is 0.247 e. The summed E-state index contributed by atoms with van der Waals surface area (Å²) in [4.78, 5) is 28.6. The molecule has 0 bridgehead atoms. The van der Waals surface area contributed by atoms with Gasteiger partial charge in [0.15, 0.2) is 0 Å². The monoisotopic (exact) mass is 583 g/mol. The SMILES string of the molecule is C=CC(=O)Nc1cc(Nc2cc(-c3ccc(NC)c(C=N)c3)ncn2)c(OC)cc1N(C)CCN1CCN(C2CC2)CC1. The van der Waals surface area contributed by atoms with Crippen LogP contribution in [0.2, 0.25) is 0 Å². The number of aromatic nitrogens is 2. The molecule has 5 rings (SSSR count). The maximum atomic E-state index is 12.4. The van der Waals surface area contributed by atoms with E-state index in [0.717, 1.165) is 67.8 Å². The average molecular weight is 584 g/mol. The maximum absolute atomic E-state index is 12.4. The molecule has 1 saturated carbocycles. The third kappa shape index (κ3) is 7.30. The second kappa shape index (κ2) is 13.7. The summed E-state index contributed by atoms with van der Waals surface area (Å²) in [5, 5.41) is 17.2. The van der Waals surface area contributed by atoms with Crippen LogP contribution in [0.1, 0.15) is 18.4 Å². The lowest BCUT2D eigenvalue weighted by molar-refractivity contribution is -0.111. The molecular formula is C32H41N9O2. The lowest BCUT2D eigenvalue weighted by atomic mass is 10.1. The van der Waals surface area contributed by atoms with Gasteiger partial charge in [-0.2, -0.15) is 0 Å². The molecule has 0 radical (unpaired) electrons. The lowest BCUT2D eigenvalue weighted by Crippen LogP contribution is -2.48. The average Bonchev–Trinajstić information content (AvgIpc) is 3.89. The molecule has 2 heterocycles. The van der Waals surface area contributed by atoms with Gasteiger partial charge in [0, 0.05) is 94.6 Å². The van der Waals surface area contributed by atoms with Crippen LogP contribution in [0.15, 0.2) is 55.4 Å². The zero-order valence-electron chi connectivity index (χ0n) is 25.2. The number of benzene rings is 2. The minimum Gasteiger partial charge on any atom is -0.494 e. The van der Waals surface area contributed by atoms with Crippen molar-refractivity contribution in [2.45, 2.75) is 18.9 Å². The van der Waals surface area contributed by atoms with Crippen molar-refractivity contribution in [1.29, 1.82) is 5.41 Å². The Balaban J connectivity index is 1.35. The van der Waals surface area contributed by atoms with Gasteiger partial charge >= 0.3 is 0 Å². The largest absolute Gasteiger partial charge is 0.494 e. The van der Waals surface area contributed by atoms with E-state index in [1.54, 1.807) is 7.11 Å². The Morgan fingerprint density at radius 1 is 1.12 bits per heavy atom. The molecule has 11 nitrogen and oxygen atoms in total. The first-order valence-electron chi connectivity index (χ1n) is 14.7. The number of anilines is 5. The predicted octanol–water partition coefficient (Wildman–Crippen LogP) is 4.28. The highest BCUT2D eigenvalue weighted by atomic mass is 16.5. The lowest BCUT2D eigenvalue weighted by Gasteiger charge is -2.36. The first kappa shape index (κ1) is 30.0. The molecule has 1 aliphatic carbocycles. The van der Waals surface area contributed by atoms with Crippen LogP contribution in [0.4, 0.5) is 28.6 Å². The van der Waals surface area contributed by atoms with Crippen molar-refractivity contribution in [2.75, 3.05) is 81.3 Å². The quantitative estimate of drug-likeness (QED) is 0.173. The van der Waals surface area contributed by atoms with Crippen molar-refractivity contribution in [3.8, 4) is 17.0 Å². The minimum absolute atomic E-state index is 0.293. The molecule has 0 atom stereocenters. The topological polar surface area (TPSA) is 122 Å². The van der Waals surface area contributed by atoms with Gasteiger partial charge in [0.25, 0.3) is 0 Å². The van der Waals surface area contributed by atoms with Crippen molar-refractivity contribution in [2.24, 2.45) is 0 Å². The fourth-order valence-electron chi connectivity index (χ4n) is 5.43. The van der Waals surface area contributed by atoms with E-state index in [2.05, 4.69) is 47.2 Å². The number of nitrogens with one attached hydrogen (secondary N) is 4. The van der Waals surface area contributed by atoms with E-state index in [-0.39, 0.29) is 5.91 Å². The van der Waals surface area contributed by atoms with Crippen LogP contribution in [-0.4, -0.2) is 98.4 Å². The zero-order valence-corrected chi connectivity index (χ0v) is 25.2. The normalized spacial score (nSPS) is 15.4. The fraction of sp³-hybridized carbons (Fsp3) is 0.375. The Hall–Kier alpha value is -4.48. The number of rotatable bonds is 13. The molecule has 43 heavy (non-hydrogen) atoms. The van der Waals surface area contributed by atoms with E-state index in [1.165, 1.54) is 31.5 Å². The second-order valence-corrected chi connectivity index (χ2v) is 10.9. The number of piperazine rings is 1. The summed E-state index contributed by atoms with van der Waals surface area (Å²) >= 11 is 0. The molecule has 2 aliphatic rings. The molecule has 226 valence electrons. The van der Waals surface area contributed by atoms with Gasteiger partial charge in [0.05, 0.1) is 29.9 Å². The van der Waals surface area contributed by atoms with Gasteiger partial charge in [-0.15, -0.1) is 0 Å². The Bertz CT molecular complexity index is 1470. The van der Waals surface area contributed by atoms with E-state index in [4.69, 9.17) is 10.1 Å². The molecule has 4 N–H and O–H groups in total. The molecule has 0 unspecified atom stereocenters. The number of carbonyl (C=O) groups excluding carboxylic acids is 1. The Labute approximate surface area is 253 Å². The molecular weight excluding hydrogens is 542 g/mol. The number of nitrogens with zero attached hydrogens (tertiary/aromatic N) is 5. The van der Waals surface area contributed by atoms with Gasteiger partial charge in [0.1, 0.15) is 17.9 Å². The summed E-state index contributed by atoms with van der Waals surface area (Å²) in [6, 6.07) is 12.2. The van der Waals surface area contributed by atoms with Gasteiger partial charge in [0.2, 0.25) is 5.91 Å². The number of hydrogen-bond acceptors (Lipinski definition) is 10. The van der Waals surface area contributed by atoms with Crippen molar-refractivity contribution in [3.63, 3.8) is 0 Å². The molecule has 1 aliphatic heterocycles. The summed E-state index contributed by atoms with van der Waals surface area (Å²) in [5.74, 6) is 0.879. The van der Waals surface area contributed by atoms with E-state index >= 15 is 0 Å². The van der Waals surface area contributed by atoms with Gasteiger partial charge in [-0.25, -0.2) is 9.97 Å². The summed E-state index contributed by atoms with van der Waals surface area (Å²) in [6.07, 6.45) is 6.77. The molecule has 0 spiro atoms. The molecule has 3 aromatic rings. The van der Waals surface area contributed by atoms with Crippen LogP contribution >= 0.6 is 0 Å². The van der Waals surface area contributed by atoms with Crippen LogP contribution in [-0.2, 0) is 4.79 Å². The minimum atomic E-state index is -0.293. The third-order valence-corrected chi connectivity index (χ3v) is 8.10. The number of amides is 1. The van der Waals surface area contributed by atoms with Crippen LogP contribution in [0.25, 0.3) is 11.3 Å². The highest BCUT2D eigenvalue weighted by Crippen LogP contribution is 2.38. The highest BCUT2D eigenvalue weighted by Gasteiger charge is 2.31. The number of ether oxygens (including phenoxy) is 1. The summed E-state index contributed by atoms with van der Waals surface area (Å²) in [7, 11) is 5.48. The molecule has 1 aromatic heterocycles. The zero-order chi connectivity index (χ0) is 30.3. The van der Waals surface area contributed by atoms with Crippen LogP contribution in [0, 0.1) is 5.41 Å². The number of methoxy groups -OCH3 is 1. The summed E-state index contributed by atoms with van der Waals surface area (Å²) in [5.41, 5.74) is 5.33. The predicted molar refractivity (Wildman–Crippen MR) is 174 cm³/mol. The Morgan fingerprint density at radius 2 is 1.91 bits per heavy atom. The highest BCUT2D eigenvalue weighted by molar-refractivity contribution is 6.02. The van der Waals surface area contributed by atoms with Crippen molar-refractivity contribution < 1.29 is 9.53 Å². The summed E-state index contributed by atoms with van der Waals surface area (Å²) < 4.78 is 5.79. The van der Waals surface area contributed by atoms with E-state index in [9.17, 15) is 4.79 Å². The Kier molecular flexibility index (Phi) is 9.53. The Morgan fingerprint density at radius 3 is 2.58 bits per heavy atom. The van der Waals surface area contributed by atoms with E-state index in [1.807, 2.05) is 50.5 Å². The van der Waals surface area contributed by atoms with Crippen molar-refractivity contribution in [1.82, 2.24) is 19.8 Å². The summed E-state index contributed by atoms with van der Waals surface area (Å²) in [6.45, 7) is 9.80. The smallest absolute Gasteiger partial charge is 0.247 e. The molecule has 2 aromatic carbocycles. The van der Waals surface area contributed by atoms with Gasteiger partial charge in [-0.1, -0.05) is 12.6 Å². The number of carbonyl (C=O) groups is 1. The first-order valence-corrected chi connectivity index (χ1v) is 14.7. The van der Waals surface area contributed by atoms with Crippen molar-refractivity contribution >= 4 is 40.7 Å². The first-order chi connectivity index (χ1) is 20.9. The number of likely N-dealkylation sites (N-methyl/N-ethyl adjacent to an activating group) is 1. The van der Waals surface area contributed by atoms with Crippen molar-refractivity contribution in [3.05, 3.63) is 60.9 Å². The van der Waals surface area contributed by atoms with Gasteiger partial charge in [-0.05, 0) is 37.1 Å². The molecule has 2 fully saturated rings. The van der Waals surface area contributed by atoms with E-state index < -0.39 is 0 Å².